The van der Waals surface area contributed by atoms with Crippen LogP contribution in [0.25, 0.3) is 5.82 Å². The van der Waals surface area contributed by atoms with Crippen molar-refractivity contribution in [3.8, 4) is 5.82 Å². The van der Waals surface area contributed by atoms with Gasteiger partial charge in [-0.15, -0.1) is 0 Å². The average Bonchev–Trinajstić information content (AvgIpc) is 3.30. The summed E-state index contributed by atoms with van der Waals surface area (Å²) in [4.78, 5) is 27.1. The van der Waals surface area contributed by atoms with E-state index in [1.54, 1.807) is 42.5 Å². The van der Waals surface area contributed by atoms with Crippen molar-refractivity contribution in [3.05, 3.63) is 71.5 Å². The number of nitrogens with zero attached hydrogens (tertiary/aromatic N) is 3. The highest BCUT2D eigenvalue weighted by Gasteiger charge is 2.32. The third-order valence-electron chi connectivity index (χ3n) is 4.98. The highest BCUT2D eigenvalue weighted by Crippen LogP contribution is 2.29. The number of carbonyl (C=O) groups is 2. The van der Waals surface area contributed by atoms with Crippen LogP contribution in [0.1, 0.15) is 53.7 Å². The van der Waals surface area contributed by atoms with Crippen LogP contribution in [0.2, 0.25) is 0 Å². The van der Waals surface area contributed by atoms with E-state index in [4.69, 9.17) is 5.11 Å². The third kappa shape index (κ3) is 6.56. The summed E-state index contributed by atoms with van der Waals surface area (Å²) in [5.74, 6) is -0.644. The molecule has 0 aliphatic heterocycles. The van der Waals surface area contributed by atoms with Crippen LogP contribution in [-0.4, -0.2) is 38.3 Å². The monoisotopic (exact) mass is 475 g/mol. The number of amides is 1. The molecule has 2 aromatic heterocycles. The smallest absolute Gasteiger partial charge is 0.419 e. The summed E-state index contributed by atoms with van der Waals surface area (Å²) in [7, 11) is 0. The Balaban J connectivity index is 1.73. The molecule has 0 saturated carbocycles. The van der Waals surface area contributed by atoms with Gasteiger partial charge in [-0.05, 0) is 36.2 Å². The van der Waals surface area contributed by atoms with Crippen molar-refractivity contribution in [3.63, 3.8) is 0 Å². The molecule has 1 amide bonds. The molecule has 0 unspecified atom stereocenters. The maximum Gasteiger partial charge on any atom is 0.419 e. The standard InChI is InChI=1S/C23H24F3N5O3/c1-2-4-18(15-7-9-16(10-8-15)22(34)27-12-11-21(32)33)29-19-5-3-6-20(30-19)31-14-17(13-28-31)23(24,25)26/h3,5-10,13-14,18H,2,4,11-12H2,1H3,(H,27,34)(H,29,30)(H,32,33)/t18-/m1/s1. The van der Waals surface area contributed by atoms with E-state index in [9.17, 15) is 22.8 Å². The van der Waals surface area contributed by atoms with Gasteiger partial charge in [-0.3, -0.25) is 9.59 Å². The number of carboxylic acids is 1. The van der Waals surface area contributed by atoms with Gasteiger partial charge in [0.25, 0.3) is 5.91 Å². The van der Waals surface area contributed by atoms with Gasteiger partial charge < -0.3 is 15.7 Å². The number of benzene rings is 1. The molecule has 0 saturated heterocycles. The number of rotatable bonds is 10. The molecule has 0 spiro atoms. The van der Waals surface area contributed by atoms with E-state index in [1.165, 1.54) is 0 Å². The number of carboxylic acid groups (broad SMARTS) is 1. The topological polar surface area (TPSA) is 109 Å². The number of hydrogen-bond acceptors (Lipinski definition) is 5. The third-order valence-corrected chi connectivity index (χ3v) is 4.98. The molecule has 1 aromatic carbocycles. The molecule has 11 heteroatoms. The van der Waals surface area contributed by atoms with Crippen LogP contribution < -0.4 is 10.6 Å². The SMILES string of the molecule is CCC[C@@H](Nc1cccc(-n2cc(C(F)(F)F)cn2)n1)c1ccc(C(=O)NCCC(=O)O)cc1. The number of hydrogen-bond donors (Lipinski definition) is 3. The average molecular weight is 475 g/mol. The van der Waals surface area contributed by atoms with Crippen molar-refractivity contribution in [1.82, 2.24) is 20.1 Å². The van der Waals surface area contributed by atoms with Gasteiger partial charge in [0.15, 0.2) is 5.82 Å². The molecule has 3 aromatic rings. The van der Waals surface area contributed by atoms with Gasteiger partial charge >= 0.3 is 12.1 Å². The molecule has 180 valence electrons. The predicted molar refractivity (Wildman–Crippen MR) is 119 cm³/mol. The van der Waals surface area contributed by atoms with Crippen molar-refractivity contribution in [2.24, 2.45) is 0 Å². The first-order valence-electron chi connectivity index (χ1n) is 10.6. The number of anilines is 1. The molecular formula is C23H24F3N5O3. The van der Waals surface area contributed by atoms with Crippen LogP contribution in [0.5, 0.6) is 0 Å². The summed E-state index contributed by atoms with van der Waals surface area (Å²) >= 11 is 0. The lowest BCUT2D eigenvalue weighted by Gasteiger charge is -2.20. The second-order valence-electron chi connectivity index (χ2n) is 7.56. The number of alkyl halides is 3. The Kier molecular flexibility index (Phi) is 7.87. The second kappa shape index (κ2) is 10.8. The molecule has 0 radical (unpaired) electrons. The van der Waals surface area contributed by atoms with E-state index in [0.29, 0.717) is 11.4 Å². The first-order chi connectivity index (χ1) is 16.2. The van der Waals surface area contributed by atoms with Gasteiger partial charge in [0.1, 0.15) is 5.82 Å². The zero-order valence-corrected chi connectivity index (χ0v) is 18.3. The number of nitrogens with one attached hydrogen (secondary N) is 2. The maximum atomic E-state index is 12.9. The molecular weight excluding hydrogens is 451 g/mol. The minimum Gasteiger partial charge on any atom is -0.481 e. The van der Waals surface area contributed by atoms with Crippen molar-refractivity contribution >= 4 is 17.7 Å². The van der Waals surface area contributed by atoms with Gasteiger partial charge in [0.05, 0.1) is 24.2 Å². The highest BCUT2D eigenvalue weighted by molar-refractivity contribution is 5.94. The first-order valence-corrected chi connectivity index (χ1v) is 10.6. The van der Waals surface area contributed by atoms with Gasteiger partial charge in [-0.25, -0.2) is 9.67 Å². The highest BCUT2D eigenvalue weighted by atomic mass is 19.4. The lowest BCUT2D eigenvalue weighted by Crippen LogP contribution is -2.26. The zero-order chi connectivity index (χ0) is 24.7. The Hall–Kier alpha value is -3.89. The Bertz CT molecular complexity index is 1130. The summed E-state index contributed by atoms with van der Waals surface area (Å²) in [6.07, 6.45) is -1.41. The van der Waals surface area contributed by atoms with E-state index >= 15 is 0 Å². The minimum atomic E-state index is -4.49. The summed E-state index contributed by atoms with van der Waals surface area (Å²) in [5, 5.41) is 18.3. The molecule has 2 heterocycles. The molecule has 3 N–H and O–H groups in total. The quantitative estimate of drug-likeness (QED) is 0.400. The lowest BCUT2D eigenvalue weighted by molar-refractivity contribution is -0.138. The summed E-state index contributed by atoms with van der Waals surface area (Å²) < 4.78 is 39.7. The molecule has 34 heavy (non-hydrogen) atoms. The van der Waals surface area contributed by atoms with Gasteiger partial charge in [-0.1, -0.05) is 31.5 Å². The van der Waals surface area contributed by atoms with Crippen LogP contribution in [0.15, 0.2) is 54.9 Å². The van der Waals surface area contributed by atoms with E-state index in [0.717, 1.165) is 35.5 Å². The van der Waals surface area contributed by atoms with Gasteiger partial charge in [0, 0.05) is 18.3 Å². The fraction of sp³-hybridized carbons (Fsp3) is 0.304. The van der Waals surface area contributed by atoms with Crippen LogP contribution in [0, 0.1) is 0 Å². The fourth-order valence-corrected chi connectivity index (χ4v) is 3.27. The number of aliphatic carboxylic acids is 1. The molecule has 0 aliphatic carbocycles. The van der Waals surface area contributed by atoms with Gasteiger partial charge in [0.2, 0.25) is 0 Å². The van der Waals surface area contributed by atoms with Crippen molar-refractivity contribution in [2.75, 3.05) is 11.9 Å². The molecule has 3 rings (SSSR count). The summed E-state index contributed by atoms with van der Waals surface area (Å²) in [5.41, 5.74) is 0.446. The van der Waals surface area contributed by atoms with Crippen LogP contribution >= 0.6 is 0 Å². The van der Waals surface area contributed by atoms with E-state index in [2.05, 4.69) is 20.7 Å². The van der Waals surface area contributed by atoms with Crippen LogP contribution in [-0.2, 0) is 11.0 Å². The number of halogens is 3. The van der Waals surface area contributed by atoms with Crippen molar-refractivity contribution in [2.45, 2.75) is 38.4 Å². The minimum absolute atomic E-state index is 0.0403. The molecule has 0 fully saturated rings. The Morgan fingerprint density at radius 1 is 1.15 bits per heavy atom. The van der Waals surface area contributed by atoms with E-state index < -0.39 is 17.7 Å². The predicted octanol–water partition coefficient (Wildman–Crippen LogP) is 4.44. The summed E-state index contributed by atoms with van der Waals surface area (Å²) in [6.45, 7) is 2.06. The van der Waals surface area contributed by atoms with Crippen LogP contribution in [0.4, 0.5) is 19.0 Å². The first kappa shape index (κ1) is 24.7. The van der Waals surface area contributed by atoms with Crippen LogP contribution in [0.3, 0.4) is 0 Å². The molecule has 0 bridgehead atoms. The maximum absolute atomic E-state index is 12.9. The number of carbonyl (C=O) groups excluding carboxylic acids is 1. The second-order valence-corrected chi connectivity index (χ2v) is 7.56. The Labute approximate surface area is 193 Å². The Morgan fingerprint density at radius 3 is 2.50 bits per heavy atom. The van der Waals surface area contributed by atoms with Gasteiger partial charge in [-0.2, -0.15) is 18.3 Å². The Morgan fingerprint density at radius 2 is 1.88 bits per heavy atom. The van der Waals surface area contributed by atoms with E-state index in [1.807, 2.05) is 6.92 Å². The van der Waals surface area contributed by atoms with Crippen molar-refractivity contribution in [1.29, 1.82) is 0 Å². The molecule has 8 nitrogen and oxygen atoms in total. The molecule has 1 atom stereocenters. The zero-order valence-electron chi connectivity index (χ0n) is 18.3. The normalized spacial score (nSPS) is 12.2. The lowest BCUT2D eigenvalue weighted by atomic mass is 10.0. The molecule has 0 aliphatic rings. The summed E-state index contributed by atoms with van der Waals surface area (Å²) in [6, 6.07) is 11.7. The number of aromatic nitrogens is 3. The van der Waals surface area contributed by atoms with Crippen molar-refractivity contribution < 1.29 is 27.9 Å². The van der Waals surface area contributed by atoms with E-state index in [-0.39, 0.29) is 30.7 Å². The fourth-order valence-electron chi connectivity index (χ4n) is 3.27. The number of pyridine rings is 1. The largest absolute Gasteiger partial charge is 0.481 e.